The predicted octanol–water partition coefficient (Wildman–Crippen LogP) is 14.5. The first-order valence-corrected chi connectivity index (χ1v) is 20.4. The molecule has 3 aromatic heterocycles. The summed E-state index contributed by atoms with van der Waals surface area (Å²) in [6.07, 6.45) is 0. The van der Waals surface area contributed by atoms with Crippen molar-refractivity contribution in [1.29, 1.82) is 0 Å². The molecule has 3 heterocycles. The number of hydrogen-bond acceptors (Lipinski definition) is 2. The standard InChI is InChI=1S/C56H36N4/c1-3-14-37(15-4-1)40-16-13-17-41(34-40)38-26-28-39(29-27-38)55-47-22-7-10-23-50(47)57-56(58-55)60-52-25-12-9-21-46(52)49-36-43(31-33-54(49)60)42-30-32-53-48(35-42)45-20-8-11-24-51(45)59(53)44-18-5-2-6-19-44/h1-36H. The lowest BCUT2D eigenvalue weighted by Crippen LogP contribution is -2.03. The van der Waals surface area contributed by atoms with Gasteiger partial charge in [-0.2, -0.15) is 0 Å². The third kappa shape index (κ3) is 5.53. The van der Waals surface area contributed by atoms with Crippen molar-refractivity contribution >= 4 is 54.5 Å². The van der Waals surface area contributed by atoms with Crippen molar-refractivity contribution in [3.05, 3.63) is 218 Å². The summed E-state index contributed by atoms with van der Waals surface area (Å²) in [6.45, 7) is 0. The van der Waals surface area contributed by atoms with Crippen LogP contribution in [0.4, 0.5) is 0 Å². The van der Waals surface area contributed by atoms with Crippen LogP contribution in [0.5, 0.6) is 0 Å². The molecule has 0 fully saturated rings. The molecule has 0 saturated carbocycles. The average Bonchev–Trinajstić information content (AvgIpc) is 3.84. The summed E-state index contributed by atoms with van der Waals surface area (Å²) in [5.74, 6) is 0.650. The highest BCUT2D eigenvalue weighted by Gasteiger charge is 2.19. The summed E-state index contributed by atoms with van der Waals surface area (Å²) in [6, 6.07) is 78.0. The Balaban J connectivity index is 0.974. The van der Waals surface area contributed by atoms with E-state index in [1.165, 1.54) is 49.6 Å². The molecule has 0 bridgehead atoms. The van der Waals surface area contributed by atoms with Crippen LogP contribution in [0.2, 0.25) is 0 Å². The third-order valence-electron chi connectivity index (χ3n) is 11.9. The van der Waals surface area contributed by atoms with Crippen molar-refractivity contribution in [1.82, 2.24) is 19.1 Å². The lowest BCUT2D eigenvalue weighted by molar-refractivity contribution is 1.01. The van der Waals surface area contributed by atoms with Crippen LogP contribution in [-0.4, -0.2) is 19.1 Å². The molecule has 0 saturated heterocycles. The van der Waals surface area contributed by atoms with E-state index in [4.69, 9.17) is 9.97 Å². The molecule has 12 aromatic rings. The van der Waals surface area contributed by atoms with E-state index in [9.17, 15) is 0 Å². The molecule has 0 unspecified atom stereocenters. The van der Waals surface area contributed by atoms with Crippen LogP contribution in [0.3, 0.4) is 0 Å². The fourth-order valence-electron chi connectivity index (χ4n) is 9.09. The van der Waals surface area contributed by atoms with E-state index in [0.717, 1.165) is 55.2 Å². The van der Waals surface area contributed by atoms with Crippen molar-refractivity contribution < 1.29 is 0 Å². The van der Waals surface area contributed by atoms with Gasteiger partial charge in [-0.15, -0.1) is 0 Å². The molecule has 60 heavy (non-hydrogen) atoms. The van der Waals surface area contributed by atoms with Gasteiger partial charge in [0.2, 0.25) is 5.95 Å². The Labute approximate surface area is 346 Å². The molecule has 0 amide bonds. The first-order chi connectivity index (χ1) is 29.7. The van der Waals surface area contributed by atoms with Crippen molar-refractivity contribution in [2.45, 2.75) is 0 Å². The molecule has 0 atom stereocenters. The summed E-state index contributed by atoms with van der Waals surface area (Å²) >= 11 is 0. The van der Waals surface area contributed by atoms with Gasteiger partial charge in [0.15, 0.2) is 0 Å². The maximum Gasteiger partial charge on any atom is 0.235 e. The Kier molecular flexibility index (Phi) is 7.82. The van der Waals surface area contributed by atoms with E-state index >= 15 is 0 Å². The normalized spacial score (nSPS) is 11.7. The molecule has 0 aliphatic heterocycles. The van der Waals surface area contributed by atoms with E-state index in [-0.39, 0.29) is 0 Å². The fourth-order valence-corrected chi connectivity index (χ4v) is 9.09. The van der Waals surface area contributed by atoms with Gasteiger partial charge in [-0.05, 0) is 94.0 Å². The van der Waals surface area contributed by atoms with E-state index < -0.39 is 0 Å². The third-order valence-corrected chi connectivity index (χ3v) is 11.9. The number of hydrogen-bond donors (Lipinski definition) is 0. The topological polar surface area (TPSA) is 35.6 Å². The zero-order chi connectivity index (χ0) is 39.6. The van der Waals surface area contributed by atoms with Gasteiger partial charge < -0.3 is 4.57 Å². The fraction of sp³-hybridized carbons (Fsp3) is 0. The summed E-state index contributed by atoms with van der Waals surface area (Å²) in [7, 11) is 0. The summed E-state index contributed by atoms with van der Waals surface area (Å²) in [5.41, 5.74) is 15.7. The van der Waals surface area contributed by atoms with E-state index in [2.05, 4.69) is 228 Å². The quantitative estimate of drug-likeness (QED) is 0.169. The van der Waals surface area contributed by atoms with Crippen LogP contribution in [0.15, 0.2) is 218 Å². The number of nitrogens with zero attached hydrogens (tertiary/aromatic N) is 4. The number of para-hydroxylation sites is 4. The summed E-state index contributed by atoms with van der Waals surface area (Å²) in [4.78, 5) is 10.6. The van der Waals surface area contributed by atoms with Crippen LogP contribution in [0, 0.1) is 0 Å². The van der Waals surface area contributed by atoms with Gasteiger partial charge in [-0.1, -0.05) is 158 Å². The van der Waals surface area contributed by atoms with Gasteiger partial charge in [0.1, 0.15) is 0 Å². The molecule has 4 heteroatoms. The number of benzene rings is 9. The van der Waals surface area contributed by atoms with Crippen molar-refractivity contribution in [2.75, 3.05) is 0 Å². The van der Waals surface area contributed by atoms with Crippen LogP contribution >= 0.6 is 0 Å². The minimum atomic E-state index is 0.650. The summed E-state index contributed by atoms with van der Waals surface area (Å²) in [5, 5.41) is 5.83. The highest BCUT2D eigenvalue weighted by molar-refractivity contribution is 6.12. The Bertz CT molecular complexity index is 3580. The van der Waals surface area contributed by atoms with Gasteiger partial charge in [0.25, 0.3) is 0 Å². The Morgan fingerprint density at radius 2 is 0.717 bits per heavy atom. The molecular formula is C56H36N4. The van der Waals surface area contributed by atoms with Gasteiger partial charge in [-0.25, -0.2) is 9.97 Å². The molecule has 9 aromatic carbocycles. The molecule has 280 valence electrons. The molecule has 0 N–H and O–H groups in total. The lowest BCUT2D eigenvalue weighted by Gasteiger charge is -2.12. The second kappa shape index (κ2) is 13.8. The minimum Gasteiger partial charge on any atom is -0.309 e. The SMILES string of the molecule is c1ccc(-c2cccc(-c3ccc(-c4nc(-n5c6ccccc6c6cc(-c7ccc8c(c7)c7ccccc7n8-c7ccccc7)ccc65)nc5ccccc45)cc3)c2)cc1. The maximum atomic E-state index is 5.39. The van der Waals surface area contributed by atoms with Crippen molar-refractivity contribution in [3.63, 3.8) is 0 Å². The average molecular weight is 765 g/mol. The van der Waals surface area contributed by atoms with E-state index in [1.807, 2.05) is 0 Å². The molecule has 0 spiro atoms. The van der Waals surface area contributed by atoms with Gasteiger partial charge in [0.05, 0.1) is 33.3 Å². The second-order valence-electron chi connectivity index (χ2n) is 15.4. The van der Waals surface area contributed by atoms with E-state index in [1.54, 1.807) is 0 Å². The van der Waals surface area contributed by atoms with Crippen LogP contribution in [0.1, 0.15) is 0 Å². The van der Waals surface area contributed by atoms with Gasteiger partial charge in [0, 0.05) is 38.2 Å². The number of fused-ring (bicyclic) bond motifs is 7. The number of aromatic nitrogens is 4. The van der Waals surface area contributed by atoms with Crippen molar-refractivity contribution in [2.24, 2.45) is 0 Å². The highest BCUT2D eigenvalue weighted by atomic mass is 15.2. The second-order valence-corrected chi connectivity index (χ2v) is 15.4. The molecule has 0 radical (unpaired) electrons. The first-order valence-electron chi connectivity index (χ1n) is 20.4. The molecule has 12 rings (SSSR count). The van der Waals surface area contributed by atoms with Gasteiger partial charge >= 0.3 is 0 Å². The minimum absolute atomic E-state index is 0.650. The zero-order valence-electron chi connectivity index (χ0n) is 32.6. The van der Waals surface area contributed by atoms with Gasteiger partial charge in [-0.3, -0.25) is 4.57 Å². The summed E-state index contributed by atoms with van der Waals surface area (Å²) < 4.78 is 4.59. The van der Waals surface area contributed by atoms with E-state index in [0.29, 0.717) is 5.95 Å². The largest absolute Gasteiger partial charge is 0.309 e. The molecule has 0 aliphatic carbocycles. The number of rotatable bonds is 6. The highest BCUT2D eigenvalue weighted by Crippen LogP contribution is 2.39. The van der Waals surface area contributed by atoms with Crippen molar-refractivity contribution in [3.8, 4) is 56.3 Å². The van der Waals surface area contributed by atoms with Crippen LogP contribution in [0.25, 0.3) is 111 Å². The maximum absolute atomic E-state index is 5.39. The Morgan fingerprint density at radius 1 is 0.267 bits per heavy atom. The van der Waals surface area contributed by atoms with Crippen LogP contribution < -0.4 is 0 Å². The predicted molar refractivity (Wildman–Crippen MR) is 250 cm³/mol. The smallest absolute Gasteiger partial charge is 0.235 e. The molecular weight excluding hydrogens is 729 g/mol. The molecule has 4 nitrogen and oxygen atoms in total. The Hall–Kier alpha value is -8.08. The first kappa shape index (κ1) is 34.0. The lowest BCUT2D eigenvalue weighted by atomic mass is 9.97. The van der Waals surface area contributed by atoms with Crippen LogP contribution in [-0.2, 0) is 0 Å². The zero-order valence-corrected chi connectivity index (χ0v) is 32.6. The monoisotopic (exact) mass is 764 g/mol. The Morgan fingerprint density at radius 3 is 1.38 bits per heavy atom. The molecule has 0 aliphatic rings.